The fourth-order valence-electron chi connectivity index (χ4n) is 4.32. The quantitative estimate of drug-likeness (QED) is 0.456. The summed E-state index contributed by atoms with van der Waals surface area (Å²) in [6.45, 7) is 5.81. The van der Waals surface area contributed by atoms with Gasteiger partial charge in [0.1, 0.15) is 5.82 Å². The Morgan fingerprint density at radius 1 is 1.06 bits per heavy atom. The summed E-state index contributed by atoms with van der Waals surface area (Å²) in [5, 5.41) is 7.91. The zero-order valence-electron chi connectivity index (χ0n) is 18.3. The summed E-state index contributed by atoms with van der Waals surface area (Å²) in [6, 6.07) is 15.3. The average molecular weight is 441 g/mol. The van der Waals surface area contributed by atoms with Crippen molar-refractivity contribution in [2.45, 2.75) is 57.3 Å². The van der Waals surface area contributed by atoms with Crippen molar-refractivity contribution in [2.75, 3.05) is 5.32 Å². The Labute approximate surface area is 185 Å². The summed E-state index contributed by atoms with van der Waals surface area (Å²) < 4.78 is 40.5. The maximum Gasteiger partial charge on any atom is 0.416 e. The monoisotopic (exact) mass is 441 g/mol. The van der Waals surface area contributed by atoms with Crippen LogP contribution >= 0.6 is 0 Å². The molecular weight excluding hydrogens is 415 g/mol. The summed E-state index contributed by atoms with van der Waals surface area (Å²) in [6.07, 6.45) is -1.78. The van der Waals surface area contributed by atoms with Gasteiger partial charge in [-0.2, -0.15) is 18.3 Å². The van der Waals surface area contributed by atoms with E-state index >= 15 is 0 Å². The first-order chi connectivity index (χ1) is 15.1. The number of carbonyl (C=O) groups excluding carboxylic acids is 1. The third-order valence-corrected chi connectivity index (χ3v) is 6.20. The van der Waals surface area contributed by atoms with Crippen molar-refractivity contribution in [2.24, 2.45) is 0 Å². The van der Waals surface area contributed by atoms with E-state index in [-0.39, 0.29) is 24.3 Å². The third kappa shape index (κ3) is 4.29. The predicted molar refractivity (Wildman–Crippen MR) is 118 cm³/mol. The summed E-state index contributed by atoms with van der Waals surface area (Å²) in [5.41, 5.74) is 1.02. The number of aromatic nitrogens is 2. The average Bonchev–Trinajstić information content (AvgIpc) is 3.18. The van der Waals surface area contributed by atoms with Crippen molar-refractivity contribution < 1.29 is 18.0 Å². The van der Waals surface area contributed by atoms with Crippen molar-refractivity contribution >= 4 is 11.6 Å². The van der Waals surface area contributed by atoms with Crippen LogP contribution < -0.4 is 5.32 Å². The highest BCUT2D eigenvalue weighted by atomic mass is 19.4. The number of nitrogens with zero attached hydrogens (tertiary/aromatic N) is 2. The number of hydrogen-bond acceptors (Lipinski definition) is 3. The highest BCUT2D eigenvalue weighted by Crippen LogP contribution is 2.38. The molecule has 0 spiro atoms. The summed E-state index contributed by atoms with van der Waals surface area (Å²) in [7, 11) is 0. The van der Waals surface area contributed by atoms with Gasteiger partial charge in [-0.1, -0.05) is 56.3 Å². The minimum atomic E-state index is -4.38. The van der Waals surface area contributed by atoms with Crippen LogP contribution in [-0.2, 0) is 11.6 Å². The van der Waals surface area contributed by atoms with Crippen molar-refractivity contribution in [1.29, 1.82) is 0 Å². The van der Waals surface area contributed by atoms with E-state index in [0.717, 1.165) is 24.1 Å². The lowest BCUT2D eigenvalue weighted by atomic mass is 9.79. The molecule has 4 nitrogen and oxygen atoms in total. The molecule has 168 valence electrons. The molecule has 1 aromatic heterocycles. The molecule has 1 aliphatic heterocycles. The van der Waals surface area contributed by atoms with E-state index < -0.39 is 17.2 Å². The van der Waals surface area contributed by atoms with E-state index in [2.05, 4.69) is 29.5 Å². The summed E-state index contributed by atoms with van der Waals surface area (Å²) >= 11 is 0. The minimum Gasteiger partial charge on any atom is -0.363 e. The van der Waals surface area contributed by atoms with E-state index in [1.165, 1.54) is 12.1 Å². The summed E-state index contributed by atoms with van der Waals surface area (Å²) in [4.78, 5) is 13.3. The van der Waals surface area contributed by atoms with Gasteiger partial charge in [0.15, 0.2) is 5.78 Å². The van der Waals surface area contributed by atoms with Gasteiger partial charge in [0.05, 0.1) is 29.4 Å². The maximum absolute atomic E-state index is 13.3. The largest absolute Gasteiger partial charge is 0.416 e. The standard InChI is InChI=1S/C25H26F3N3O/c1-16-13-21(17-7-5-4-6-8-17)30-23-20(15-29-31(16)23)22(32)14-24(2,3)18-9-11-19(12-10-18)25(26,27)28/h4-12,15-16,21,30H,13-14H2,1-3H3. The summed E-state index contributed by atoms with van der Waals surface area (Å²) in [5.74, 6) is 0.607. The van der Waals surface area contributed by atoms with Gasteiger partial charge in [0, 0.05) is 6.42 Å². The van der Waals surface area contributed by atoms with E-state index in [0.29, 0.717) is 16.9 Å². The SMILES string of the molecule is CC1CC(c2ccccc2)Nc2c(C(=O)CC(C)(C)c3ccc(C(F)(F)F)cc3)cnn21. The Hall–Kier alpha value is -3.09. The molecule has 0 saturated heterocycles. The minimum absolute atomic E-state index is 0.0740. The van der Waals surface area contributed by atoms with Crippen LogP contribution in [0.25, 0.3) is 0 Å². The number of ketones is 1. The van der Waals surface area contributed by atoms with Crippen LogP contribution in [0.3, 0.4) is 0 Å². The van der Waals surface area contributed by atoms with Gasteiger partial charge >= 0.3 is 6.18 Å². The predicted octanol–water partition coefficient (Wildman–Crippen LogP) is 6.57. The number of hydrogen-bond donors (Lipinski definition) is 1. The van der Waals surface area contributed by atoms with Gasteiger partial charge in [-0.25, -0.2) is 4.68 Å². The molecule has 2 atom stereocenters. The van der Waals surface area contributed by atoms with Crippen molar-refractivity contribution in [3.8, 4) is 0 Å². The first-order valence-corrected chi connectivity index (χ1v) is 10.7. The molecule has 2 heterocycles. The molecule has 2 aromatic carbocycles. The first kappa shape index (κ1) is 22.1. The second-order valence-electron chi connectivity index (χ2n) is 9.10. The normalized spacial score (nSPS) is 18.7. The first-order valence-electron chi connectivity index (χ1n) is 10.7. The zero-order chi connectivity index (χ0) is 23.1. The van der Waals surface area contributed by atoms with Gasteiger partial charge in [0.2, 0.25) is 0 Å². The van der Waals surface area contributed by atoms with Gasteiger partial charge in [0.25, 0.3) is 0 Å². The molecule has 0 bridgehead atoms. The molecule has 3 aromatic rings. The number of rotatable bonds is 5. The number of fused-ring (bicyclic) bond motifs is 1. The molecular formula is C25H26F3N3O. The number of Topliss-reactive ketones (excluding diaryl/α,β-unsaturated/α-hetero) is 1. The fraction of sp³-hybridized carbons (Fsp3) is 0.360. The highest BCUT2D eigenvalue weighted by molar-refractivity contribution is 6.01. The lowest BCUT2D eigenvalue weighted by Gasteiger charge is -2.31. The zero-order valence-corrected chi connectivity index (χ0v) is 18.3. The lowest BCUT2D eigenvalue weighted by Crippen LogP contribution is -2.27. The van der Waals surface area contributed by atoms with E-state index in [1.807, 2.05) is 36.7 Å². The fourth-order valence-corrected chi connectivity index (χ4v) is 4.32. The molecule has 0 amide bonds. The Bertz CT molecular complexity index is 1100. The molecule has 1 N–H and O–H groups in total. The van der Waals surface area contributed by atoms with Gasteiger partial charge in [-0.15, -0.1) is 0 Å². The van der Waals surface area contributed by atoms with Crippen LogP contribution in [-0.4, -0.2) is 15.6 Å². The van der Waals surface area contributed by atoms with Crippen LogP contribution in [0.1, 0.15) is 72.7 Å². The Balaban J connectivity index is 1.56. The van der Waals surface area contributed by atoms with Crippen molar-refractivity contribution in [1.82, 2.24) is 9.78 Å². The van der Waals surface area contributed by atoms with Gasteiger partial charge < -0.3 is 5.32 Å². The number of anilines is 1. The molecule has 7 heteroatoms. The molecule has 1 aliphatic rings. The van der Waals surface area contributed by atoms with Crippen LogP contribution in [0.15, 0.2) is 60.8 Å². The second kappa shape index (κ2) is 8.11. The van der Waals surface area contributed by atoms with Crippen LogP contribution in [0, 0.1) is 0 Å². The number of alkyl halides is 3. The molecule has 4 rings (SSSR count). The van der Waals surface area contributed by atoms with E-state index in [9.17, 15) is 18.0 Å². The van der Waals surface area contributed by atoms with Crippen LogP contribution in [0.5, 0.6) is 0 Å². The maximum atomic E-state index is 13.3. The molecule has 32 heavy (non-hydrogen) atoms. The van der Waals surface area contributed by atoms with E-state index in [4.69, 9.17) is 0 Å². The Kier molecular flexibility index (Phi) is 5.61. The van der Waals surface area contributed by atoms with Gasteiger partial charge in [-0.05, 0) is 42.0 Å². The van der Waals surface area contributed by atoms with Crippen LogP contribution in [0.2, 0.25) is 0 Å². The molecule has 0 aliphatic carbocycles. The van der Waals surface area contributed by atoms with Gasteiger partial charge in [-0.3, -0.25) is 4.79 Å². The topological polar surface area (TPSA) is 46.9 Å². The number of carbonyl (C=O) groups is 1. The lowest BCUT2D eigenvalue weighted by molar-refractivity contribution is -0.137. The highest BCUT2D eigenvalue weighted by Gasteiger charge is 2.34. The molecule has 0 saturated carbocycles. The third-order valence-electron chi connectivity index (χ3n) is 6.20. The molecule has 0 fully saturated rings. The van der Waals surface area contributed by atoms with Crippen molar-refractivity contribution in [3.63, 3.8) is 0 Å². The second-order valence-corrected chi connectivity index (χ2v) is 9.10. The Morgan fingerprint density at radius 2 is 1.69 bits per heavy atom. The number of nitrogens with one attached hydrogen (secondary N) is 1. The number of benzene rings is 2. The smallest absolute Gasteiger partial charge is 0.363 e. The molecule has 0 radical (unpaired) electrons. The van der Waals surface area contributed by atoms with Crippen LogP contribution in [0.4, 0.5) is 19.0 Å². The number of halogens is 3. The van der Waals surface area contributed by atoms with Crippen molar-refractivity contribution in [3.05, 3.63) is 83.0 Å². The van der Waals surface area contributed by atoms with E-state index in [1.54, 1.807) is 6.20 Å². The molecule has 2 unspecified atom stereocenters. The Morgan fingerprint density at radius 3 is 2.31 bits per heavy atom.